The SMILES string of the molecule is NC1CCSCC1CC(=O)O. The first kappa shape index (κ1) is 8.87. The maximum Gasteiger partial charge on any atom is 0.303 e. The summed E-state index contributed by atoms with van der Waals surface area (Å²) in [6, 6.07) is 0.104. The van der Waals surface area contributed by atoms with E-state index in [1.54, 1.807) is 11.8 Å². The van der Waals surface area contributed by atoms with Crippen molar-refractivity contribution >= 4 is 17.7 Å². The van der Waals surface area contributed by atoms with E-state index < -0.39 is 5.97 Å². The molecule has 64 valence electrons. The lowest BCUT2D eigenvalue weighted by molar-refractivity contribution is -0.138. The molecular weight excluding hydrogens is 162 g/mol. The predicted octanol–water partition coefficient (Wildman–Crippen LogP) is 0.541. The van der Waals surface area contributed by atoms with Crippen LogP contribution in [0.1, 0.15) is 12.8 Å². The number of hydrogen-bond acceptors (Lipinski definition) is 3. The predicted molar refractivity (Wildman–Crippen MR) is 45.7 cm³/mol. The van der Waals surface area contributed by atoms with Crippen LogP contribution in [0.4, 0.5) is 0 Å². The van der Waals surface area contributed by atoms with Gasteiger partial charge < -0.3 is 10.8 Å². The summed E-state index contributed by atoms with van der Waals surface area (Å²) in [5, 5.41) is 8.52. The minimum absolute atomic E-state index is 0.104. The van der Waals surface area contributed by atoms with Crippen LogP contribution in [0.3, 0.4) is 0 Å². The third kappa shape index (κ3) is 2.71. The van der Waals surface area contributed by atoms with Crippen molar-refractivity contribution in [3.63, 3.8) is 0 Å². The number of carboxylic acids is 1. The van der Waals surface area contributed by atoms with E-state index in [4.69, 9.17) is 10.8 Å². The molecule has 1 heterocycles. The topological polar surface area (TPSA) is 63.3 Å². The molecule has 4 heteroatoms. The maximum absolute atomic E-state index is 10.3. The molecule has 0 aromatic rings. The second-order valence-electron chi connectivity index (χ2n) is 2.89. The average molecular weight is 175 g/mol. The largest absolute Gasteiger partial charge is 0.481 e. The molecule has 3 nitrogen and oxygen atoms in total. The maximum atomic E-state index is 10.3. The lowest BCUT2D eigenvalue weighted by Crippen LogP contribution is -2.36. The number of carboxylic acid groups (broad SMARTS) is 1. The molecule has 1 fully saturated rings. The fraction of sp³-hybridized carbons (Fsp3) is 0.857. The number of aliphatic carboxylic acids is 1. The van der Waals surface area contributed by atoms with Gasteiger partial charge in [0.15, 0.2) is 0 Å². The zero-order valence-electron chi connectivity index (χ0n) is 6.32. The molecule has 0 bridgehead atoms. The molecule has 2 atom stereocenters. The van der Waals surface area contributed by atoms with Gasteiger partial charge in [0, 0.05) is 6.04 Å². The third-order valence-corrected chi connectivity index (χ3v) is 3.16. The van der Waals surface area contributed by atoms with E-state index in [0.29, 0.717) is 0 Å². The summed E-state index contributed by atoms with van der Waals surface area (Å²) in [5.41, 5.74) is 5.75. The van der Waals surface area contributed by atoms with Crippen LogP contribution >= 0.6 is 11.8 Å². The summed E-state index contributed by atoms with van der Waals surface area (Å²) < 4.78 is 0. The highest BCUT2D eigenvalue weighted by atomic mass is 32.2. The van der Waals surface area contributed by atoms with Crippen molar-refractivity contribution in [2.75, 3.05) is 11.5 Å². The zero-order valence-corrected chi connectivity index (χ0v) is 7.14. The highest BCUT2D eigenvalue weighted by molar-refractivity contribution is 7.99. The van der Waals surface area contributed by atoms with Crippen molar-refractivity contribution in [2.24, 2.45) is 11.7 Å². The minimum atomic E-state index is -0.729. The number of rotatable bonds is 2. The fourth-order valence-corrected chi connectivity index (χ4v) is 2.52. The van der Waals surface area contributed by atoms with Crippen LogP contribution in [0.15, 0.2) is 0 Å². The van der Waals surface area contributed by atoms with Crippen LogP contribution < -0.4 is 5.73 Å². The summed E-state index contributed by atoms with van der Waals surface area (Å²) >= 11 is 1.81. The Balaban J connectivity index is 2.35. The van der Waals surface area contributed by atoms with Gasteiger partial charge in [-0.2, -0.15) is 11.8 Å². The van der Waals surface area contributed by atoms with E-state index in [1.165, 1.54) is 0 Å². The van der Waals surface area contributed by atoms with Gasteiger partial charge in [0.25, 0.3) is 0 Å². The monoisotopic (exact) mass is 175 g/mol. The van der Waals surface area contributed by atoms with Crippen LogP contribution in [-0.2, 0) is 4.79 Å². The van der Waals surface area contributed by atoms with E-state index in [1.807, 2.05) is 0 Å². The van der Waals surface area contributed by atoms with E-state index in [-0.39, 0.29) is 18.4 Å². The van der Waals surface area contributed by atoms with Gasteiger partial charge in [-0.15, -0.1) is 0 Å². The Labute approximate surface area is 70.3 Å². The fourth-order valence-electron chi connectivity index (χ4n) is 1.25. The summed E-state index contributed by atoms with van der Waals surface area (Å²) in [7, 11) is 0. The van der Waals surface area contributed by atoms with E-state index in [9.17, 15) is 4.79 Å². The standard InChI is InChI=1S/C7H13NO2S/c8-6-1-2-11-4-5(6)3-7(9)10/h5-6H,1-4,8H2,(H,9,10). The molecule has 11 heavy (non-hydrogen) atoms. The quantitative estimate of drug-likeness (QED) is 0.643. The molecule has 0 amide bonds. The first-order valence-corrected chi connectivity index (χ1v) is 4.90. The number of hydrogen-bond donors (Lipinski definition) is 2. The van der Waals surface area contributed by atoms with Gasteiger partial charge in [0.1, 0.15) is 0 Å². The van der Waals surface area contributed by atoms with Crippen molar-refractivity contribution in [2.45, 2.75) is 18.9 Å². The Morgan fingerprint density at radius 2 is 2.45 bits per heavy atom. The lowest BCUT2D eigenvalue weighted by atomic mass is 9.96. The van der Waals surface area contributed by atoms with Gasteiger partial charge in [0.2, 0.25) is 0 Å². The molecule has 0 saturated carbocycles. The second kappa shape index (κ2) is 3.97. The molecule has 0 aromatic heterocycles. The van der Waals surface area contributed by atoms with Crippen LogP contribution in [0.25, 0.3) is 0 Å². The lowest BCUT2D eigenvalue weighted by Gasteiger charge is -2.26. The van der Waals surface area contributed by atoms with Crippen molar-refractivity contribution in [1.29, 1.82) is 0 Å². The van der Waals surface area contributed by atoms with Crippen molar-refractivity contribution < 1.29 is 9.90 Å². The minimum Gasteiger partial charge on any atom is -0.481 e. The molecule has 1 rings (SSSR count). The molecule has 0 radical (unpaired) electrons. The Morgan fingerprint density at radius 3 is 3.00 bits per heavy atom. The van der Waals surface area contributed by atoms with Gasteiger partial charge in [-0.05, 0) is 23.8 Å². The van der Waals surface area contributed by atoms with Crippen LogP contribution in [0.2, 0.25) is 0 Å². The molecule has 1 saturated heterocycles. The smallest absolute Gasteiger partial charge is 0.303 e. The van der Waals surface area contributed by atoms with Crippen molar-refractivity contribution in [3.8, 4) is 0 Å². The molecular formula is C7H13NO2S. The van der Waals surface area contributed by atoms with Gasteiger partial charge in [-0.3, -0.25) is 4.79 Å². The average Bonchev–Trinajstić information content (AvgIpc) is 1.93. The summed E-state index contributed by atoms with van der Waals surface area (Å²) in [6.07, 6.45) is 1.19. The summed E-state index contributed by atoms with van der Waals surface area (Å²) in [4.78, 5) is 10.3. The highest BCUT2D eigenvalue weighted by Crippen LogP contribution is 2.24. The second-order valence-corrected chi connectivity index (χ2v) is 4.04. The van der Waals surface area contributed by atoms with Crippen LogP contribution in [-0.4, -0.2) is 28.6 Å². The van der Waals surface area contributed by atoms with Gasteiger partial charge >= 0.3 is 5.97 Å². The number of thioether (sulfide) groups is 1. The first-order valence-electron chi connectivity index (χ1n) is 3.75. The van der Waals surface area contributed by atoms with E-state index in [2.05, 4.69) is 0 Å². The van der Waals surface area contributed by atoms with Crippen molar-refractivity contribution in [1.82, 2.24) is 0 Å². The van der Waals surface area contributed by atoms with Gasteiger partial charge in [-0.25, -0.2) is 0 Å². The van der Waals surface area contributed by atoms with E-state index >= 15 is 0 Å². The third-order valence-electron chi connectivity index (χ3n) is 1.97. The van der Waals surface area contributed by atoms with Gasteiger partial charge in [-0.1, -0.05) is 0 Å². The molecule has 1 aliphatic rings. The Hall–Kier alpha value is -0.220. The molecule has 0 aromatic carbocycles. The Morgan fingerprint density at radius 1 is 1.73 bits per heavy atom. The van der Waals surface area contributed by atoms with Crippen LogP contribution in [0.5, 0.6) is 0 Å². The number of carbonyl (C=O) groups is 1. The van der Waals surface area contributed by atoms with Gasteiger partial charge in [0.05, 0.1) is 6.42 Å². The van der Waals surface area contributed by atoms with Crippen molar-refractivity contribution in [3.05, 3.63) is 0 Å². The van der Waals surface area contributed by atoms with E-state index in [0.717, 1.165) is 17.9 Å². The Kier molecular flexibility index (Phi) is 3.20. The Bertz CT molecular complexity index is 151. The molecule has 0 aliphatic carbocycles. The molecule has 2 unspecified atom stereocenters. The normalized spacial score (nSPS) is 31.7. The molecule has 3 N–H and O–H groups in total. The summed E-state index contributed by atoms with van der Waals surface area (Å²) in [5.74, 6) is 1.45. The molecule has 0 spiro atoms. The summed E-state index contributed by atoms with van der Waals surface area (Å²) in [6.45, 7) is 0. The number of nitrogens with two attached hydrogens (primary N) is 1. The first-order chi connectivity index (χ1) is 5.20. The molecule has 1 aliphatic heterocycles. The van der Waals surface area contributed by atoms with Crippen LogP contribution in [0, 0.1) is 5.92 Å². The zero-order chi connectivity index (χ0) is 8.27. The highest BCUT2D eigenvalue weighted by Gasteiger charge is 2.23.